The average molecular weight is 321 g/mol. The summed E-state index contributed by atoms with van der Waals surface area (Å²) >= 11 is 0. The Morgan fingerprint density at radius 2 is 2.08 bits per heavy atom. The quantitative estimate of drug-likeness (QED) is 0.600. The first kappa shape index (κ1) is 14.4. The summed E-state index contributed by atoms with van der Waals surface area (Å²) in [5.74, 6) is 2.66. The predicted octanol–water partition coefficient (Wildman–Crippen LogP) is 2.87. The summed E-state index contributed by atoms with van der Waals surface area (Å²) in [4.78, 5) is 17.9. The number of aromatic amines is 1. The smallest absolute Gasteiger partial charge is 0.208 e. The Bertz CT molecular complexity index is 978. The molecule has 4 aromatic rings. The van der Waals surface area contributed by atoms with Gasteiger partial charge in [-0.15, -0.1) is 0 Å². The number of benzene rings is 1. The molecule has 0 saturated heterocycles. The van der Waals surface area contributed by atoms with Gasteiger partial charge in [0.05, 0.1) is 5.52 Å². The van der Waals surface area contributed by atoms with E-state index in [1.54, 1.807) is 18.5 Å². The number of fused-ring (bicyclic) bond motifs is 1. The fourth-order valence-corrected chi connectivity index (χ4v) is 2.62. The highest BCUT2D eigenvalue weighted by Crippen LogP contribution is 2.31. The van der Waals surface area contributed by atoms with Gasteiger partial charge in [0.15, 0.2) is 0 Å². The van der Waals surface area contributed by atoms with Crippen LogP contribution in [0, 0.1) is 0 Å². The van der Waals surface area contributed by atoms with E-state index in [0.29, 0.717) is 17.5 Å². The summed E-state index contributed by atoms with van der Waals surface area (Å²) in [6.07, 6.45) is 4.99. The van der Waals surface area contributed by atoms with Gasteiger partial charge in [0.1, 0.15) is 30.3 Å². The highest BCUT2D eigenvalue weighted by atomic mass is 16.4. The maximum absolute atomic E-state index is 9.16. The third-order valence-electron chi connectivity index (χ3n) is 3.84. The zero-order valence-corrected chi connectivity index (χ0v) is 13.0. The molecule has 2 N–H and O–H groups in total. The number of nitrogens with zero attached hydrogens (tertiary/aromatic N) is 4. The molecule has 3 heterocycles. The zero-order valence-electron chi connectivity index (χ0n) is 13.0. The largest absolute Gasteiger partial charge is 0.459 e. The molecule has 3 aromatic heterocycles. The number of H-pyrrole nitrogens is 1. The van der Waals surface area contributed by atoms with E-state index in [-0.39, 0.29) is 6.61 Å². The molecule has 24 heavy (non-hydrogen) atoms. The van der Waals surface area contributed by atoms with Gasteiger partial charge >= 0.3 is 0 Å². The second kappa shape index (κ2) is 5.78. The molecule has 0 spiro atoms. The van der Waals surface area contributed by atoms with Crippen molar-refractivity contribution in [1.82, 2.24) is 19.9 Å². The first-order chi connectivity index (χ1) is 11.8. The average Bonchev–Trinajstić information content (AvgIpc) is 3.31. The molecule has 4 rings (SSSR count). The molecule has 1 aromatic carbocycles. The van der Waals surface area contributed by atoms with Crippen LogP contribution in [0.3, 0.4) is 0 Å². The van der Waals surface area contributed by atoms with Crippen LogP contribution >= 0.6 is 0 Å². The molecule has 0 amide bonds. The fourth-order valence-electron chi connectivity index (χ4n) is 2.62. The lowest BCUT2D eigenvalue weighted by Crippen LogP contribution is -2.13. The first-order valence-electron chi connectivity index (χ1n) is 7.44. The van der Waals surface area contributed by atoms with Crippen molar-refractivity contribution in [2.45, 2.75) is 6.61 Å². The Hall–Kier alpha value is -3.19. The molecule has 0 bridgehead atoms. The van der Waals surface area contributed by atoms with Gasteiger partial charge in [-0.25, -0.2) is 15.0 Å². The molecular formula is C17H15N5O2. The number of rotatable bonds is 4. The van der Waals surface area contributed by atoms with E-state index < -0.39 is 0 Å². The first-order valence-corrected chi connectivity index (χ1v) is 7.44. The Labute approximate surface area is 137 Å². The van der Waals surface area contributed by atoms with Crippen LogP contribution in [0.5, 0.6) is 0 Å². The van der Waals surface area contributed by atoms with E-state index in [2.05, 4.69) is 19.9 Å². The van der Waals surface area contributed by atoms with Crippen LogP contribution in [0.15, 0.2) is 53.5 Å². The number of hydrogen-bond acceptors (Lipinski definition) is 6. The molecule has 0 fully saturated rings. The Balaban J connectivity index is 1.84. The summed E-state index contributed by atoms with van der Waals surface area (Å²) in [5.41, 5.74) is 1.72. The summed E-state index contributed by atoms with van der Waals surface area (Å²) in [7, 11) is 1.89. The van der Waals surface area contributed by atoms with E-state index in [9.17, 15) is 0 Å². The Kier molecular flexibility index (Phi) is 3.47. The normalized spacial score (nSPS) is 11.1. The van der Waals surface area contributed by atoms with Crippen molar-refractivity contribution < 1.29 is 9.52 Å². The van der Waals surface area contributed by atoms with Gasteiger partial charge in [0.25, 0.3) is 0 Å². The third-order valence-corrected chi connectivity index (χ3v) is 3.84. The maximum atomic E-state index is 9.16. The minimum Gasteiger partial charge on any atom is -0.459 e. The van der Waals surface area contributed by atoms with Gasteiger partial charge in [-0.1, -0.05) is 0 Å². The van der Waals surface area contributed by atoms with Gasteiger partial charge in [-0.2, -0.15) is 0 Å². The summed E-state index contributed by atoms with van der Waals surface area (Å²) in [5, 5.41) is 10.0. The number of aliphatic hydroxyl groups is 1. The number of furan rings is 1. The Morgan fingerprint density at radius 1 is 1.17 bits per heavy atom. The lowest BCUT2D eigenvalue weighted by molar-refractivity contribution is 0.248. The zero-order chi connectivity index (χ0) is 16.5. The van der Waals surface area contributed by atoms with E-state index in [0.717, 1.165) is 22.3 Å². The van der Waals surface area contributed by atoms with E-state index in [1.165, 1.54) is 6.33 Å². The van der Waals surface area contributed by atoms with Crippen molar-refractivity contribution in [1.29, 1.82) is 0 Å². The van der Waals surface area contributed by atoms with Crippen molar-refractivity contribution in [2.24, 2.45) is 0 Å². The number of hydrogen-bond donors (Lipinski definition) is 2. The van der Waals surface area contributed by atoms with Crippen molar-refractivity contribution in [3.8, 4) is 11.3 Å². The molecule has 0 atom stereocenters. The fraction of sp³-hybridized carbons (Fsp3) is 0.118. The van der Waals surface area contributed by atoms with Crippen LogP contribution in [-0.2, 0) is 6.61 Å². The SMILES string of the molecule is CN(c1ncc[nH]1)c1ncnc2ccc(-c3ccc(CO)o3)cc12. The van der Waals surface area contributed by atoms with Crippen LogP contribution in [-0.4, -0.2) is 32.1 Å². The van der Waals surface area contributed by atoms with Crippen LogP contribution in [0.2, 0.25) is 0 Å². The number of aliphatic hydroxyl groups excluding tert-OH is 1. The highest BCUT2D eigenvalue weighted by Gasteiger charge is 2.14. The third kappa shape index (κ3) is 2.40. The van der Waals surface area contributed by atoms with Gasteiger partial charge in [0.2, 0.25) is 5.95 Å². The standard InChI is InChI=1S/C17H15N5O2/c1-22(17-18-6-7-19-17)16-13-8-11(2-4-14(13)20-10-21-16)15-5-3-12(9-23)24-15/h2-8,10,23H,9H2,1H3,(H,18,19). The minimum absolute atomic E-state index is 0.122. The molecule has 7 heteroatoms. The monoisotopic (exact) mass is 321 g/mol. The second-order valence-corrected chi connectivity index (χ2v) is 5.33. The van der Waals surface area contributed by atoms with Crippen molar-refractivity contribution >= 4 is 22.7 Å². The highest BCUT2D eigenvalue weighted by molar-refractivity contribution is 5.93. The second-order valence-electron chi connectivity index (χ2n) is 5.33. The molecule has 0 saturated carbocycles. The number of anilines is 2. The molecule has 120 valence electrons. The minimum atomic E-state index is -0.122. The molecule has 0 aliphatic carbocycles. The molecule has 0 aliphatic rings. The lowest BCUT2D eigenvalue weighted by Gasteiger charge is -2.16. The molecular weight excluding hydrogens is 306 g/mol. The number of imidazole rings is 1. The molecule has 7 nitrogen and oxygen atoms in total. The van der Waals surface area contributed by atoms with Gasteiger partial charge in [-0.05, 0) is 30.3 Å². The van der Waals surface area contributed by atoms with Crippen LogP contribution < -0.4 is 4.90 Å². The topological polar surface area (TPSA) is 91.1 Å². The van der Waals surface area contributed by atoms with E-state index >= 15 is 0 Å². The van der Waals surface area contributed by atoms with Gasteiger partial charge < -0.3 is 14.5 Å². The molecule has 0 aliphatic heterocycles. The van der Waals surface area contributed by atoms with Crippen molar-refractivity contribution in [3.05, 3.63) is 54.8 Å². The predicted molar refractivity (Wildman–Crippen MR) is 89.8 cm³/mol. The van der Waals surface area contributed by atoms with E-state index in [1.807, 2.05) is 36.2 Å². The van der Waals surface area contributed by atoms with Gasteiger partial charge in [0, 0.05) is 30.4 Å². The van der Waals surface area contributed by atoms with Crippen molar-refractivity contribution in [2.75, 3.05) is 11.9 Å². The lowest BCUT2D eigenvalue weighted by atomic mass is 10.1. The van der Waals surface area contributed by atoms with Crippen molar-refractivity contribution in [3.63, 3.8) is 0 Å². The van der Waals surface area contributed by atoms with Crippen LogP contribution in [0.1, 0.15) is 5.76 Å². The summed E-state index contributed by atoms with van der Waals surface area (Å²) in [6, 6.07) is 9.44. The summed E-state index contributed by atoms with van der Waals surface area (Å²) in [6.45, 7) is -0.122. The van der Waals surface area contributed by atoms with Crippen LogP contribution in [0.4, 0.5) is 11.8 Å². The maximum Gasteiger partial charge on any atom is 0.208 e. The van der Waals surface area contributed by atoms with Gasteiger partial charge in [-0.3, -0.25) is 4.90 Å². The Morgan fingerprint density at radius 3 is 2.83 bits per heavy atom. The molecule has 0 unspecified atom stereocenters. The number of nitrogens with one attached hydrogen (secondary N) is 1. The summed E-state index contributed by atoms with van der Waals surface area (Å²) < 4.78 is 5.62. The van der Waals surface area contributed by atoms with E-state index in [4.69, 9.17) is 9.52 Å². The van der Waals surface area contributed by atoms with Crippen LogP contribution in [0.25, 0.3) is 22.2 Å². The molecule has 0 radical (unpaired) electrons. The number of aromatic nitrogens is 4.